The highest BCUT2D eigenvalue weighted by Crippen LogP contribution is 2.55. The first-order chi connectivity index (χ1) is 11.2. The van der Waals surface area contributed by atoms with Crippen LogP contribution in [0.1, 0.15) is 30.0 Å². The number of piperidine rings is 1. The molecule has 3 nitrogen and oxygen atoms in total. The second kappa shape index (κ2) is 5.77. The summed E-state index contributed by atoms with van der Waals surface area (Å²) in [7, 11) is 1.95. The van der Waals surface area contributed by atoms with Crippen molar-refractivity contribution in [2.45, 2.75) is 25.4 Å². The molecule has 2 aromatic rings. The van der Waals surface area contributed by atoms with Crippen molar-refractivity contribution >= 4 is 17.2 Å². The fourth-order valence-corrected chi connectivity index (χ4v) is 4.97. The van der Waals surface area contributed by atoms with Crippen molar-refractivity contribution in [3.63, 3.8) is 0 Å². The lowest BCUT2D eigenvalue weighted by Gasteiger charge is -2.58. The van der Waals surface area contributed by atoms with Crippen molar-refractivity contribution in [1.29, 1.82) is 0 Å². The number of β-lactam (4-membered cyclic amide) rings is 1. The molecule has 2 aliphatic heterocycles. The van der Waals surface area contributed by atoms with E-state index in [9.17, 15) is 4.79 Å². The highest BCUT2D eigenvalue weighted by atomic mass is 32.1. The first kappa shape index (κ1) is 14.9. The third kappa shape index (κ3) is 2.41. The molecule has 0 aliphatic carbocycles. The van der Waals surface area contributed by atoms with E-state index in [0.717, 1.165) is 32.5 Å². The minimum absolute atomic E-state index is 0.165. The number of carbonyl (C=O) groups is 1. The van der Waals surface area contributed by atoms with Gasteiger partial charge in [0.1, 0.15) is 0 Å². The molecule has 4 rings (SSSR count). The molecule has 0 N–H and O–H groups in total. The Kier molecular flexibility index (Phi) is 3.74. The minimum Gasteiger partial charge on any atom is -0.337 e. The van der Waals surface area contributed by atoms with E-state index in [1.165, 1.54) is 11.1 Å². The van der Waals surface area contributed by atoms with Crippen LogP contribution in [-0.2, 0) is 11.3 Å². The SMILES string of the molecule is CN1C(=O)C2(CCN(Cc3ccsc3)CC2)[C@H]1c1ccccc1. The van der Waals surface area contributed by atoms with Gasteiger partial charge in [0.15, 0.2) is 0 Å². The van der Waals surface area contributed by atoms with Gasteiger partial charge in [-0.15, -0.1) is 0 Å². The molecular formula is C19H22N2OS. The smallest absolute Gasteiger partial charge is 0.231 e. The zero-order valence-electron chi connectivity index (χ0n) is 13.4. The summed E-state index contributed by atoms with van der Waals surface area (Å²) < 4.78 is 0. The van der Waals surface area contributed by atoms with Gasteiger partial charge in [0, 0.05) is 13.6 Å². The Labute approximate surface area is 141 Å². The van der Waals surface area contributed by atoms with Gasteiger partial charge in [-0.25, -0.2) is 0 Å². The van der Waals surface area contributed by atoms with Crippen LogP contribution in [0.5, 0.6) is 0 Å². The van der Waals surface area contributed by atoms with Crippen molar-refractivity contribution in [2.75, 3.05) is 20.1 Å². The highest BCUT2D eigenvalue weighted by Gasteiger charge is 2.59. The molecule has 1 aromatic heterocycles. The van der Waals surface area contributed by atoms with E-state index in [1.807, 2.05) is 18.0 Å². The Bertz CT molecular complexity index is 675. The molecule has 1 atom stereocenters. The van der Waals surface area contributed by atoms with Crippen LogP contribution < -0.4 is 0 Å². The van der Waals surface area contributed by atoms with Crippen molar-refractivity contribution in [3.8, 4) is 0 Å². The summed E-state index contributed by atoms with van der Waals surface area (Å²) in [6.07, 6.45) is 1.94. The Morgan fingerprint density at radius 3 is 2.57 bits per heavy atom. The molecule has 23 heavy (non-hydrogen) atoms. The van der Waals surface area contributed by atoms with Crippen LogP contribution in [0.3, 0.4) is 0 Å². The zero-order chi connectivity index (χ0) is 15.9. The van der Waals surface area contributed by atoms with Gasteiger partial charge in [0.25, 0.3) is 0 Å². The predicted octanol–water partition coefficient (Wildman–Crippen LogP) is 3.54. The van der Waals surface area contributed by atoms with E-state index in [2.05, 4.69) is 46.0 Å². The van der Waals surface area contributed by atoms with E-state index in [4.69, 9.17) is 0 Å². The van der Waals surface area contributed by atoms with Crippen LogP contribution in [0.4, 0.5) is 0 Å². The van der Waals surface area contributed by atoms with E-state index in [-0.39, 0.29) is 11.5 Å². The van der Waals surface area contributed by atoms with Crippen LogP contribution in [-0.4, -0.2) is 35.8 Å². The molecule has 1 aromatic carbocycles. The number of thiophene rings is 1. The number of rotatable bonds is 3. The molecule has 3 heterocycles. The summed E-state index contributed by atoms with van der Waals surface area (Å²) in [4.78, 5) is 17.1. The molecule has 4 heteroatoms. The standard InChI is InChI=1S/C19H22N2OS/c1-20-17(16-5-3-2-4-6-16)19(18(20)22)8-10-21(11-9-19)13-15-7-12-23-14-15/h2-7,12,14,17H,8-11,13H2,1H3/t17-/m1/s1. The van der Waals surface area contributed by atoms with Gasteiger partial charge in [-0.3, -0.25) is 9.69 Å². The molecule has 0 unspecified atom stereocenters. The predicted molar refractivity (Wildman–Crippen MR) is 93.2 cm³/mol. The normalized spacial score (nSPS) is 24.0. The fourth-order valence-electron chi connectivity index (χ4n) is 4.31. The summed E-state index contributed by atoms with van der Waals surface area (Å²) in [5, 5.41) is 4.36. The van der Waals surface area contributed by atoms with Crippen LogP contribution in [0.25, 0.3) is 0 Å². The Balaban J connectivity index is 1.49. The lowest BCUT2D eigenvalue weighted by atomic mass is 9.62. The lowest BCUT2D eigenvalue weighted by molar-refractivity contribution is -0.176. The molecule has 0 radical (unpaired) electrons. The molecule has 1 amide bonds. The van der Waals surface area contributed by atoms with E-state index >= 15 is 0 Å². The van der Waals surface area contributed by atoms with Crippen molar-refractivity contribution < 1.29 is 4.79 Å². The molecule has 0 saturated carbocycles. The van der Waals surface area contributed by atoms with Crippen LogP contribution in [0.2, 0.25) is 0 Å². The number of likely N-dealkylation sites (tertiary alicyclic amines) is 2. The topological polar surface area (TPSA) is 23.6 Å². The Hall–Kier alpha value is -1.65. The number of hydrogen-bond acceptors (Lipinski definition) is 3. The summed E-state index contributed by atoms with van der Waals surface area (Å²) in [5.41, 5.74) is 2.50. The molecule has 0 bridgehead atoms. The molecular weight excluding hydrogens is 304 g/mol. The number of carbonyl (C=O) groups excluding carboxylic acids is 1. The van der Waals surface area contributed by atoms with E-state index in [0.29, 0.717) is 5.91 Å². The summed E-state index contributed by atoms with van der Waals surface area (Å²) in [5.74, 6) is 0.335. The molecule has 2 fully saturated rings. The quantitative estimate of drug-likeness (QED) is 0.806. The average Bonchev–Trinajstić information content (AvgIpc) is 3.10. The van der Waals surface area contributed by atoms with Gasteiger partial charge in [-0.2, -0.15) is 11.3 Å². The number of amides is 1. The van der Waals surface area contributed by atoms with E-state index < -0.39 is 0 Å². The summed E-state index contributed by atoms with van der Waals surface area (Å²) >= 11 is 1.75. The second-order valence-corrected chi connectivity index (χ2v) is 7.57. The van der Waals surface area contributed by atoms with Crippen LogP contribution >= 0.6 is 11.3 Å². The Morgan fingerprint density at radius 1 is 1.17 bits per heavy atom. The number of nitrogens with zero attached hydrogens (tertiary/aromatic N) is 2. The van der Waals surface area contributed by atoms with Gasteiger partial charge in [-0.05, 0) is 53.9 Å². The molecule has 2 saturated heterocycles. The van der Waals surface area contributed by atoms with Gasteiger partial charge < -0.3 is 4.90 Å². The maximum absolute atomic E-state index is 12.7. The minimum atomic E-state index is -0.165. The van der Waals surface area contributed by atoms with Crippen molar-refractivity contribution in [2.24, 2.45) is 5.41 Å². The van der Waals surface area contributed by atoms with Crippen LogP contribution in [0, 0.1) is 5.41 Å². The van der Waals surface area contributed by atoms with Crippen molar-refractivity contribution in [1.82, 2.24) is 9.80 Å². The largest absolute Gasteiger partial charge is 0.337 e. The summed E-state index contributed by atoms with van der Waals surface area (Å²) in [6, 6.07) is 13.0. The lowest BCUT2D eigenvalue weighted by Crippen LogP contribution is -2.64. The van der Waals surface area contributed by atoms with Gasteiger partial charge in [0.2, 0.25) is 5.91 Å². The molecule has 1 spiro atoms. The van der Waals surface area contributed by atoms with Gasteiger partial charge in [0.05, 0.1) is 11.5 Å². The summed E-state index contributed by atoms with van der Waals surface area (Å²) in [6.45, 7) is 3.04. The molecule has 2 aliphatic rings. The Morgan fingerprint density at radius 2 is 1.91 bits per heavy atom. The zero-order valence-corrected chi connectivity index (χ0v) is 14.3. The van der Waals surface area contributed by atoms with Crippen LogP contribution in [0.15, 0.2) is 47.2 Å². The highest BCUT2D eigenvalue weighted by molar-refractivity contribution is 7.07. The van der Waals surface area contributed by atoms with Crippen molar-refractivity contribution in [3.05, 3.63) is 58.3 Å². The maximum atomic E-state index is 12.7. The number of benzene rings is 1. The monoisotopic (exact) mass is 326 g/mol. The maximum Gasteiger partial charge on any atom is 0.231 e. The molecule has 120 valence electrons. The van der Waals surface area contributed by atoms with Gasteiger partial charge in [-0.1, -0.05) is 30.3 Å². The first-order valence-corrected chi connectivity index (χ1v) is 9.21. The van der Waals surface area contributed by atoms with E-state index in [1.54, 1.807) is 11.3 Å². The first-order valence-electron chi connectivity index (χ1n) is 8.26. The average molecular weight is 326 g/mol. The third-order valence-corrected chi connectivity index (χ3v) is 6.24. The van der Waals surface area contributed by atoms with Gasteiger partial charge >= 0.3 is 0 Å². The number of hydrogen-bond donors (Lipinski definition) is 0. The third-order valence-electron chi connectivity index (χ3n) is 5.51. The fraction of sp³-hybridized carbons (Fsp3) is 0.421. The second-order valence-electron chi connectivity index (χ2n) is 6.79.